The molecule has 1 saturated heterocycles. The molecule has 5 nitrogen and oxygen atoms in total. The van der Waals surface area contributed by atoms with Gasteiger partial charge < -0.3 is 19.2 Å². The molecule has 1 aliphatic heterocycles. The molecule has 1 aliphatic rings. The van der Waals surface area contributed by atoms with E-state index >= 15 is 0 Å². The van der Waals surface area contributed by atoms with Crippen LogP contribution in [-0.2, 0) is 4.74 Å². The predicted molar refractivity (Wildman–Crippen MR) is 86.8 cm³/mol. The summed E-state index contributed by atoms with van der Waals surface area (Å²) in [5.74, 6) is 2.64. The second-order valence-corrected chi connectivity index (χ2v) is 6.47. The molecule has 2 heterocycles. The zero-order valence-corrected chi connectivity index (χ0v) is 13.5. The Morgan fingerprint density at radius 2 is 2.32 bits per heavy atom. The maximum atomic E-state index is 12.3. The van der Waals surface area contributed by atoms with E-state index in [1.807, 2.05) is 30.0 Å². The summed E-state index contributed by atoms with van der Waals surface area (Å²) in [6, 6.07) is 7.30. The average molecular weight is 321 g/mol. The SMILES string of the molecule is COc1cccc2cc(C(=O)NCC3(OC)CCSC3)oc12. The lowest BCUT2D eigenvalue weighted by molar-refractivity contribution is 0.0135. The van der Waals surface area contributed by atoms with Gasteiger partial charge in [0.15, 0.2) is 17.1 Å². The molecule has 22 heavy (non-hydrogen) atoms. The number of ether oxygens (including phenoxy) is 2. The number of nitrogens with one attached hydrogen (secondary N) is 1. The van der Waals surface area contributed by atoms with Gasteiger partial charge in [-0.3, -0.25) is 4.79 Å². The average Bonchev–Trinajstić information content (AvgIpc) is 3.19. The molecule has 0 aliphatic carbocycles. The Kier molecular flexibility index (Phi) is 4.31. The van der Waals surface area contributed by atoms with Gasteiger partial charge in [-0.25, -0.2) is 0 Å². The van der Waals surface area contributed by atoms with Crippen LogP contribution in [-0.4, -0.2) is 43.8 Å². The Morgan fingerprint density at radius 3 is 3.00 bits per heavy atom. The smallest absolute Gasteiger partial charge is 0.287 e. The van der Waals surface area contributed by atoms with E-state index in [0.29, 0.717) is 17.9 Å². The number of para-hydroxylation sites is 1. The maximum absolute atomic E-state index is 12.3. The summed E-state index contributed by atoms with van der Waals surface area (Å²) in [4.78, 5) is 12.3. The second kappa shape index (κ2) is 6.22. The van der Waals surface area contributed by atoms with Crippen LogP contribution in [0.2, 0.25) is 0 Å². The van der Waals surface area contributed by atoms with Crippen molar-refractivity contribution in [3.8, 4) is 5.75 Å². The molecule has 1 unspecified atom stereocenters. The van der Waals surface area contributed by atoms with Crippen LogP contribution in [0.3, 0.4) is 0 Å². The highest BCUT2D eigenvalue weighted by Crippen LogP contribution is 2.31. The second-order valence-electron chi connectivity index (χ2n) is 5.36. The van der Waals surface area contributed by atoms with Gasteiger partial charge in [-0.05, 0) is 24.3 Å². The first-order chi connectivity index (χ1) is 10.7. The monoisotopic (exact) mass is 321 g/mol. The number of methoxy groups -OCH3 is 2. The summed E-state index contributed by atoms with van der Waals surface area (Å²) < 4.78 is 16.5. The molecule has 0 saturated carbocycles. The van der Waals surface area contributed by atoms with Crippen LogP contribution in [0.4, 0.5) is 0 Å². The van der Waals surface area contributed by atoms with E-state index in [9.17, 15) is 4.79 Å². The molecule has 0 radical (unpaired) electrons. The minimum Gasteiger partial charge on any atom is -0.493 e. The third-order valence-corrected chi connectivity index (χ3v) is 5.25. The topological polar surface area (TPSA) is 60.7 Å². The molecule has 6 heteroatoms. The molecular weight excluding hydrogens is 302 g/mol. The largest absolute Gasteiger partial charge is 0.493 e. The van der Waals surface area contributed by atoms with Crippen molar-refractivity contribution >= 4 is 28.6 Å². The van der Waals surface area contributed by atoms with Crippen LogP contribution < -0.4 is 10.1 Å². The molecule has 1 N–H and O–H groups in total. The molecule has 1 atom stereocenters. The van der Waals surface area contributed by atoms with Crippen molar-refractivity contribution in [1.82, 2.24) is 5.32 Å². The Bertz CT molecular complexity index is 676. The van der Waals surface area contributed by atoms with Gasteiger partial charge in [-0.2, -0.15) is 11.8 Å². The number of rotatable bonds is 5. The zero-order chi connectivity index (χ0) is 15.6. The number of hydrogen-bond acceptors (Lipinski definition) is 5. The first-order valence-electron chi connectivity index (χ1n) is 7.15. The van der Waals surface area contributed by atoms with Gasteiger partial charge in [0.25, 0.3) is 5.91 Å². The Hall–Kier alpha value is -1.66. The van der Waals surface area contributed by atoms with Crippen LogP contribution in [0.25, 0.3) is 11.0 Å². The zero-order valence-electron chi connectivity index (χ0n) is 12.7. The number of hydrogen-bond donors (Lipinski definition) is 1. The van der Waals surface area contributed by atoms with Gasteiger partial charge in [-0.15, -0.1) is 0 Å². The van der Waals surface area contributed by atoms with Crippen molar-refractivity contribution in [2.45, 2.75) is 12.0 Å². The van der Waals surface area contributed by atoms with Crippen LogP contribution in [0, 0.1) is 0 Å². The Labute approximate surface area is 133 Å². The molecule has 118 valence electrons. The predicted octanol–water partition coefficient (Wildman–Crippen LogP) is 2.69. The number of carbonyl (C=O) groups is 1. The highest BCUT2D eigenvalue weighted by atomic mass is 32.2. The minimum absolute atomic E-state index is 0.230. The molecule has 0 spiro atoms. The fourth-order valence-corrected chi connectivity index (χ4v) is 4.00. The Morgan fingerprint density at radius 1 is 1.45 bits per heavy atom. The summed E-state index contributed by atoms with van der Waals surface area (Å²) in [7, 11) is 3.28. The van der Waals surface area contributed by atoms with Crippen molar-refractivity contribution in [2.75, 3.05) is 32.3 Å². The van der Waals surface area contributed by atoms with Gasteiger partial charge in [0.2, 0.25) is 0 Å². The first kappa shape index (κ1) is 15.2. The number of thioether (sulfide) groups is 1. The number of amides is 1. The van der Waals surface area contributed by atoms with Crippen molar-refractivity contribution in [3.05, 3.63) is 30.0 Å². The molecule has 1 fully saturated rings. The molecule has 1 amide bonds. The lowest BCUT2D eigenvalue weighted by atomic mass is 10.0. The molecule has 3 rings (SSSR count). The van der Waals surface area contributed by atoms with Crippen molar-refractivity contribution in [1.29, 1.82) is 0 Å². The minimum atomic E-state index is -0.260. The Balaban J connectivity index is 1.75. The molecule has 2 aromatic rings. The fourth-order valence-electron chi connectivity index (χ4n) is 2.60. The van der Waals surface area contributed by atoms with E-state index in [4.69, 9.17) is 13.9 Å². The van der Waals surface area contributed by atoms with Crippen molar-refractivity contribution in [2.24, 2.45) is 0 Å². The molecule has 1 aromatic heterocycles. The van der Waals surface area contributed by atoms with Gasteiger partial charge in [-0.1, -0.05) is 12.1 Å². The first-order valence-corrected chi connectivity index (χ1v) is 8.30. The summed E-state index contributed by atoms with van der Waals surface area (Å²) in [5, 5.41) is 3.77. The molecular formula is C16H19NO4S. The maximum Gasteiger partial charge on any atom is 0.287 e. The summed E-state index contributed by atoms with van der Waals surface area (Å²) in [6.45, 7) is 0.490. The van der Waals surface area contributed by atoms with E-state index in [1.54, 1.807) is 20.3 Å². The van der Waals surface area contributed by atoms with Crippen LogP contribution >= 0.6 is 11.8 Å². The quantitative estimate of drug-likeness (QED) is 0.917. The fraction of sp³-hybridized carbons (Fsp3) is 0.438. The van der Waals surface area contributed by atoms with Gasteiger partial charge in [0.05, 0.1) is 12.7 Å². The van der Waals surface area contributed by atoms with E-state index in [0.717, 1.165) is 23.3 Å². The van der Waals surface area contributed by atoms with E-state index in [-0.39, 0.29) is 17.3 Å². The van der Waals surface area contributed by atoms with Gasteiger partial charge in [0.1, 0.15) is 0 Å². The highest BCUT2D eigenvalue weighted by Gasteiger charge is 2.35. The van der Waals surface area contributed by atoms with E-state index in [1.165, 1.54) is 0 Å². The van der Waals surface area contributed by atoms with Gasteiger partial charge in [0, 0.05) is 24.8 Å². The van der Waals surface area contributed by atoms with E-state index < -0.39 is 0 Å². The molecule has 1 aromatic carbocycles. The van der Waals surface area contributed by atoms with Gasteiger partial charge >= 0.3 is 0 Å². The van der Waals surface area contributed by atoms with Crippen LogP contribution in [0.15, 0.2) is 28.7 Å². The van der Waals surface area contributed by atoms with E-state index in [2.05, 4.69) is 5.32 Å². The van der Waals surface area contributed by atoms with Crippen molar-refractivity contribution < 1.29 is 18.7 Å². The standard InChI is InChI=1S/C16H19NO4S/c1-19-12-5-3-4-11-8-13(21-14(11)12)15(18)17-9-16(20-2)6-7-22-10-16/h3-5,8H,6-7,9-10H2,1-2H3,(H,17,18). The normalized spacial score (nSPS) is 21.2. The number of furan rings is 1. The third-order valence-electron chi connectivity index (χ3n) is 4.02. The number of carbonyl (C=O) groups excluding carboxylic acids is 1. The van der Waals surface area contributed by atoms with Crippen molar-refractivity contribution in [3.63, 3.8) is 0 Å². The van der Waals surface area contributed by atoms with Crippen LogP contribution in [0.1, 0.15) is 17.0 Å². The molecule has 0 bridgehead atoms. The number of benzene rings is 1. The lowest BCUT2D eigenvalue weighted by Gasteiger charge is -2.26. The summed E-state index contributed by atoms with van der Waals surface area (Å²) >= 11 is 1.85. The highest BCUT2D eigenvalue weighted by molar-refractivity contribution is 7.99. The summed E-state index contributed by atoms with van der Waals surface area (Å²) in [5.41, 5.74) is 0.331. The number of fused-ring (bicyclic) bond motifs is 1. The lowest BCUT2D eigenvalue weighted by Crippen LogP contribution is -2.44. The van der Waals surface area contributed by atoms with Crippen LogP contribution in [0.5, 0.6) is 5.75 Å². The summed E-state index contributed by atoms with van der Waals surface area (Å²) in [6.07, 6.45) is 0.947. The third kappa shape index (κ3) is 2.80.